The Kier molecular flexibility index (Phi) is 6.17. The van der Waals surface area contributed by atoms with Crippen LogP contribution in [-0.2, 0) is 10.0 Å². The van der Waals surface area contributed by atoms with Gasteiger partial charge in [0.25, 0.3) is 6.43 Å². The minimum absolute atomic E-state index is 0.00786. The van der Waals surface area contributed by atoms with Gasteiger partial charge in [-0.3, -0.25) is 0 Å². The van der Waals surface area contributed by atoms with Crippen LogP contribution in [0.5, 0.6) is 0 Å². The highest BCUT2D eigenvalue weighted by Crippen LogP contribution is 2.34. The van der Waals surface area contributed by atoms with E-state index in [4.69, 9.17) is 4.98 Å². The number of nitrogens with one attached hydrogen (secondary N) is 2. The van der Waals surface area contributed by atoms with Gasteiger partial charge in [-0.1, -0.05) is 0 Å². The first kappa shape index (κ1) is 21.3. The predicted molar refractivity (Wildman–Crippen MR) is 112 cm³/mol. The van der Waals surface area contributed by atoms with Gasteiger partial charge in [0.05, 0.1) is 11.8 Å². The van der Waals surface area contributed by atoms with Gasteiger partial charge in [-0.25, -0.2) is 31.5 Å². The third kappa shape index (κ3) is 4.70. The van der Waals surface area contributed by atoms with E-state index < -0.39 is 16.4 Å². The molecule has 10 heteroatoms. The van der Waals surface area contributed by atoms with Crippen molar-refractivity contribution < 1.29 is 17.2 Å². The molecule has 0 spiro atoms. The van der Waals surface area contributed by atoms with Gasteiger partial charge in [-0.05, 0) is 62.4 Å². The van der Waals surface area contributed by atoms with Gasteiger partial charge in [0.1, 0.15) is 0 Å². The summed E-state index contributed by atoms with van der Waals surface area (Å²) >= 11 is 0. The lowest BCUT2D eigenvalue weighted by Gasteiger charge is -2.30. The highest BCUT2D eigenvalue weighted by Gasteiger charge is 2.26. The fourth-order valence-corrected chi connectivity index (χ4v) is 5.23. The summed E-state index contributed by atoms with van der Waals surface area (Å²) < 4.78 is 51.7. The van der Waals surface area contributed by atoms with E-state index in [1.165, 1.54) is 16.6 Å². The monoisotopic (exact) mass is 439 g/mol. The third-order valence-corrected chi connectivity index (χ3v) is 7.33. The van der Waals surface area contributed by atoms with Crippen LogP contribution >= 0.6 is 0 Å². The lowest BCUT2D eigenvalue weighted by molar-refractivity contribution is 0.151. The molecule has 2 N–H and O–H groups in total. The van der Waals surface area contributed by atoms with Gasteiger partial charge in [0.2, 0.25) is 16.0 Å². The molecule has 0 atom stereocenters. The molecule has 4 rings (SSSR count). The Labute approximate surface area is 175 Å². The molecule has 30 heavy (non-hydrogen) atoms. The van der Waals surface area contributed by atoms with Crippen LogP contribution < -0.4 is 10.6 Å². The number of rotatable bonds is 5. The molecule has 2 saturated heterocycles. The second kappa shape index (κ2) is 8.68. The van der Waals surface area contributed by atoms with Gasteiger partial charge in [-0.15, -0.1) is 0 Å². The average Bonchev–Trinajstić information content (AvgIpc) is 2.73. The Morgan fingerprint density at radius 1 is 1.17 bits per heavy atom. The molecular formula is C20H27F2N5O2S. The minimum Gasteiger partial charge on any atom is -0.351 e. The number of fused-ring (bicyclic) bond motifs is 1. The van der Waals surface area contributed by atoms with Crippen molar-refractivity contribution in [1.29, 1.82) is 0 Å². The standard InChI is InChI=1S/C20H27F2N5O2S/c1-30(28,29)27-8-4-16(5-9-27)25-20-24-12-15-10-14(19(21)22)11-17(18(15)26-20)13-2-6-23-7-3-13/h10-13,16,19,23H,2-9H2,1H3,(H,24,25,26). The van der Waals surface area contributed by atoms with Crippen LogP contribution in [0, 0.1) is 0 Å². The maximum Gasteiger partial charge on any atom is 0.263 e. The molecular weight excluding hydrogens is 412 g/mol. The van der Waals surface area contributed by atoms with Gasteiger partial charge in [0.15, 0.2) is 0 Å². The van der Waals surface area contributed by atoms with Gasteiger partial charge in [-0.2, -0.15) is 0 Å². The van der Waals surface area contributed by atoms with Crippen molar-refractivity contribution in [3.05, 3.63) is 29.5 Å². The Morgan fingerprint density at radius 2 is 1.87 bits per heavy atom. The first-order valence-electron chi connectivity index (χ1n) is 10.3. The summed E-state index contributed by atoms with van der Waals surface area (Å²) in [5.74, 6) is 0.647. The molecule has 3 heterocycles. The van der Waals surface area contributed by atoms with E-state index in [1.807, 2.05) is 0 Å². The second-order valence-electron chi connectivity index (χ2n) is 8.15. The van der Waals surface area contributed by atoms with Crippen molar-refractivity contribution in [1.82, 2.24) is 19.6 Å². The molecule has 2 aliphatic heterocycles. The lowest BCUT2D eigenvalue weighted by atomic mass is 9.87. The van der Waals surface area contributed by atoms with Crippen LogP contribution in [0.15, 0.2) is 18.3 Å². The Morgan fingerprint density at radius 3 is 2.50 bits per heavy atom. The summed E-state index contributed by atoms with van der Waals surface area (Å²) in [4.78, 5) is 9.04. The van der Waals surface area contributed by atoms with E-state index >= 15 is 0 Å². The molecule has 164 valence electrons. The normalized spacial score (nSPS) is 20.1. The summed E-state index contributed by atoms with van der Waals surface area (Å²) in [7, 11) is -3.17. The molecule has 0 saturated carbocycles. The molecule has 0 unspecified atom stereocenters. The Bertz CT molecular complexity index is 1000. The molecule has 1 aromatic heterocycles. The largest absolute Gasteiger partial charge is 0.351 e. The Hall–Kier alpha value is -1.91. The molecule has 2 aromatic rings. The first-order valence-corrected chi connectivity index (χ1v) is 12.2. The number of hydrogen-bond donors (Lipinski definition) is 2. The van der Waals surface area contributed by atoms with Crippen molar-refractivity contribution in [3.8, 4) is 0 Å². The number of halogens is 2. The van der Waals surface area contributed by atoms with Crippen LogP contribution in [0.2, 0.25) is 0 Å². The molecule has 0 aliphatic carbocycles. The molecule has 2 aliphatic rings. The van der Waals surface area contributed by atoms with Crippen LogP contribution in [0.25, 0.3) is 10.9 Å². The molecule has 1 aromatic carbocycles. The van der Waals surface area contributed by atoms with E-state index in [0.717, 1.165) is 37.0 Å². The number of benzene rings is 1. The number of hydrogen-bond acceptors (Lipinski definition) is 6. The fourth-order valence-electron chi connectivity index (χ4n) is 4.35. The molecule has 0 bridgehead atoms. The van der Waals surface area contributed by atoms with E-state index in [2.05, 4.69) is 15.6 Å². The van der Waals surface area contributed by atoms with Crippen molar-refractivity contribution in [2.75, 3.05) is 37.8 Å². The van der Waals surface area contributed by atoms with Gasteiger partial charge >= 0.3 is 0 Å². The highest BCUT2D eigenvalue weighted by atomic mass is 32.2. The number of anilines is 1. The number of alkyl halides is 2. The molecule has 0 amide bonds. The van der Waals surface area contributed by atoms with Crippen molar-refractivity contribution in [2.24, 2.45) is 0 Å². The summed E-state index contributed by atoms with van der Waals surface area (Å²) in [5, 5.41) is 7.24. The summed E-state index contributed by atoms with van der Waals surface area (Å²) in [6, 6.07) is 3.15. The van der Waals surface area contributed by atoms with Gasteiger partial charge in [0, 0.05) is 36.3 Å². The van der Waals surface area contributed by atoms with Gasteiger partial charge < -0.3 is 10.6 Å². The quantitative estimate of drug-likeness (QED) is 0.745. The molecule has 0 radical (unpaired) electrons. The van der Waals surface area contributed by atoms with E-state index in [9.17, 15) is 17.2 Å². The number of sulfonamides is 1. The zero-order valence-electron chi connectivity index (χ0n) is 16.9. The highest BCUT2D eigenvalue weighted by molar-refractivity contribution is 7.88. The summed E-state index contributed by atoms with van der Waals surface area (Å²) in [6.07, 6.45) is 3.40. The SMILES string of the molecule is CS(=O)(=O)N1CCC(Nc2ncc3cc(C(F)F)cc(C4CCNCC4)c3n2)CC1. The number of piperidine rings is 2. The van der Waals surface area contributed by atoms with Crippen molar-refractivity contribution >= 4 is 26.9 Å². The van der Waals surface area contributed by atoms with Crippen LogP contribution in [-0.4, -0.2) is 61.2 Å². The van der Waals surface area contributed by atoms with E-state index in [0.29, 0.717) is 37.3 Å². The first-order chi connectivity index (χ1) is 14.3. The average molecular weight is 440 g/mol. The maximum atomic E-state index is 13.4. The lowest BCUT2D eigenvalue weighted by Crippen LogP contribution is -2.42. The number of nitrogens with zero attached hydrogens (tertiary/aromatic N) is 3. The van der Waals surface area contributed by atoms with E-state index in [1.54, 1.807) is 12.3 Å². The third-order valence-electron chi connectivity index (χ3n) is 6.02. The minimum atomic E-state index is -3.17. The topological polar surface area (TPSA) is 87.2 Å². The molecule has 2 fully saturated rings. The van der Waals surface area contributed by atoms with E-state index in [-0.39, 0.29) is 17.5 Å². The smallest absolute Gasteiger partial charge is 0.263 e. The van der Waals surface area contributed by atoms with Crippen LogP contribution in [0.4, 0.5) is 14.7 Å². The fraction of sp³-hybridized carbons (Fsp3) is 0.600. The summed E-state index contributed by atoms with van der Waals surface area (Å²) in [5.41, 5.74) is 1.59. The van der Waals surface area contributed by atoms with Crippen LogP contribution in [0.1, 0.15) is 49.2 Å². The number of aromatic nitrogens is 2. The second-order valence-corrected chi connectivity index (χ2v) is 10.1. The van der Waals surface area contributed by atoms with Crippen molar-refractivity contribution in [3.63, 3.8) is 0 Å². The predicted octanol–water partition coefficient (Wildman–Crippen LogP) is 2.87. The maximum absolute atomic E-state index is 13.4. The summed E-state index contributed by atoms with van der Waals surface area (Å²) in [6.45, 7) is 2.64. The zero-order chi connectivity index (χ0) is 21.3. The van der Waals surface area contributed by atoms with Crippen molar-refractivity contribution in [2.45, 2.75) is 44.1 Å². The van der Waals surface area contributed by atoms with Crippen LogP contribution in [0.3, 0.4) is 0 Å². The molecule has 7 nitrogen and oxygen atoms in total. The Balaban J connectivity index is 1.59. The zero-order valence-corrected chi connectivity index (χ0v) is 17.8.